The van der Waals surface area contributed by atoms with Crippen LogP contribution in [-0.2, 0) is 119 Å². The lowest BCUT2D eigenvalue weighted by molar-refractivity contribution is -0.389. The smallest absolute Gasteiger partial charge is 0.397 e. The lowest BCUT2D eigenvalue weighted by Gasteiger charge is -2.51. The van der Waals surface area contributed by atoms with Gasteiger partial charge in [-0.1, -0.05) is 0 Å². The quantitative estimate of drug-likeness (QED) is 0.0262. The highest BCUT2D eigenvalue weighted by Crippen LogP contribution is 2.43. The van der Waals surface area contributed by atoms with Crippen LogP contribution in [0.4, 0.5) is 0 Å². The summed E-state index contributed by atoms with van der Waals surface area (Å²) in [5.74, 6) is -15.8. The van der Waals surface area contributed by atoms with E-state index >= 15 is 0 Å². The lowest BCUT2D eigenvalue weighted by atomic mass is 9.88. The normalized spacial score (nSPS) is 43.7. The zero-order valence-corrected chi connectivity index (χ0v) is 64.8. The van der Waals surface area contributed by atoms with E-state index < -0.39 is 374 Å². The Bertz CT molecular complexity index is 3520. The maximum atomic E-state index is 13.3. The van der Waals surface area contributed by atoms with Crippen LogP contribution in [0.3, 0.4) is 0 Å². The Morgan fingerprint density at radius 1 is 0.383 bits per heavy atom. The van der Waals surface area contributed by atoms with Crippen molar-refractivity contribution in [3.05, 3.63) is 0 Å². The second-order valence-electron chi connectivity index (χ2n) is 29.5. The van der Waals surface area contributed by atoms with Gasteiger partial charge in [-0.3, -0.25) is 28.5 Å². The fourth-order valence-electron chi connectivity index (χ4n) is 14.9. The number of hydrogen-bond acceptors (Lipinski definition) is 47. The second-order valence-corrected chi connectivity index (χ2v) is 30.6. The van der Waals surface area contributed by atoms with Gasteiger partial charge in [0, 0.05) is 47.5 Å². The summed E-state index contributed by atoms with van der Waals surface area (Å²) in [6.45, 7) is -5.29. The number of aliphatic carboxylic acids is 2. The number of hydrogen-bond donors (Lipinski definition) is 30. The molecule has 8 aliphatic heterocycles. The minimum absolute atomic E-state index is 0.854. The van der Waals surface area contributed by atoms with Gasteiger partial charge in [-0.05, 0) is 0 Å². The molecule has 42 atom stereocenters. The summed E-state index contributed by atoms with van der Waals surface area (Å²) in [5.41, 5.74) is 0. The van der Waals surface area contributed by atoms with Crippen molar-refractivity contribution in [3.8, 4) is 0 Å². The summed E-state index contributed by atoms with van der Waals surface area (Å²) in [4.78, 5) is 89.4. The molecule has 692 valence electrons. The summed E-state index contributed by atoms with van der Waals surface area (Å²) in [5, 5.41) is 278. The van der Waals surface area contributed by atoms with Gasteiger partial charge in [0.2, 0.25) is 29.5 Å². The van der Waals surface area contributed by atoms with Gasteiger partial charge in [0.05, 0.1) is 77.1 Å². The Kier molecular flexibility index (Phi) is 35.3. The molecule has 0 spiro atoms. The Balaban J connectivity index is 1.01. The molecule has 0 radical (unpaired) electrons. The van der Waals surface area contributed by atoms with Crippen molar-refractivity contribution in [2.75, 3.05) is 52.9 Å². The standard InChI is InChI=1S/C64H105N5O50S/c1-16(76)65-31-21(81)6-63(61(97)98,116-50(31)36(85)23(83)8-70)118-53-39(88)26(11-73)108-59(45(53)94)112-47-27(12-74)109-56(33(42(47)91)67-18(3)78)104-14-29-40(89)49(35(55(96)106-29)69-20(5)80)114-58-44(93)52(38(87)25(10-72)107-58)115-57-34(68-19(4)79)43(92)48(28(13-75)110-57)113-60-46(95)54(41(90)30(111-60)15-105-120(101,102)103)119-64(62(99)100)7-22(82)32(66-17(2)77)51(117-64)37(86)24(84)9-71/h21-60,70-75,81-96H,6-15H2,1-5H3,(H,65,76)(H,66,77)(H,67,78)(H,68,79)(H,69,80)(H,97,98)(H,99,100)(H,101,102,103)/t21-,22-,23+,24+,25+,26+,27+,28+,29+,30+,31+,32+,33+,34+,35+,36+,37+,38-,39-,40-,41-,42+,43+,44+,45+,46+,47+,48+,49+,50+,51+,52-,53-,54-,55+,56+,57-,58-,59-,60-,63-,64-/m0/s1. The Hall–Kier alpha value is -5.32. The average molecular weight is 1780 g/mol. The molecule has 56 heteroatoms. The molecule has 0 aromatic heterocycles. The number of aliphatic hydroxyl groups is 22. The molecule has 5 amide bonds. The van der Waals surface area contributed by atoms with Gasteiger partial charge < -0.3 is 220 Å². The molecule has 0 unspecified atom stereocenters. The molecule has 120 heavy (non-hydrogen) atoms. The number of ether oxygens (including phenoxy) is 15. The van der Waals surface area contributed by atoms with Gasteiger partial charge in [0.1, 0.15) is 183 Å². The van der Waals surface area contributed by atoms with Crippen LogP contribution in [0.15, 0.2) is 0 Å². The molecule has 0 bridgehead atoms. The summed E-state index contributed by atoms with van der Waals surface area (Å²) in [6.07, 6.45) is -81.2. The van der Waals surface area contributed by atoms with Crippen molar-refractivity contribution in [2.45, 2.75) is 304 Å². The van der Waals surface area contributed by atoms with Gasteiger partial charge >= 0.3 is 22.3 Å². The molecule has 8 rings (SSSR count). The van der Waals surface area contributed by atoms with E-state index in [4.69, 9.17) is 71.1 Å². The first kappa shape index (κ1) is 100. The number of amides is 5. The number of carboxylic acid groups (broad SMARTS) is 2. The van der Waals surface area contributed by atoms with Gasteiger partial charge in [-0.2, -0.15) is 8.42 Å². The molecule has 0 saturated carbocycles. The highest BCUT2D eigenvalue weighted by Gasteiger charge is 2.64. The lowest BCUT2D eigenvalue weighted by Crippen LogP contribution is -2.71. The minimum Gasteiger partial charge on any atom is -0.477 e. The Morgan fingerprint density at radius 2 is 0.700 bits per heavy atom. The number of rotatable bonds is 35. The predicted octanol–water partition coefficient (Wildman–Crippen LogP) is -19.5. The summed E-state index contributed by atoms with van der Waals surface area (Å²) >= 11 is 0. The number of nitrogens with one attached hydrogen (secondary N) is 5. The molecule has 8 fully saturated rings. The molecule has 8 aliphatic rings. The SMILES string of the molecule is CC(=O)N[C@@H]1[C@@H](O[C@@H]2O[C@H](CO)[C@H](O)[C@H](O[C@@H]3O[C@H](CO)[C@@H](O[C@@H]4O[C@H](COS(=O)(=O)O)[C@H](O)[C@H](O[C@]5(C(=O)O)C[C@H](O)[C@@H](NC(C)=O)[C@H]([C@H](O)[C@H](O)CO)O5)[C@H]4O)[C@H](O)[C@H]3NC(C)=O)[C@H]2O)[C@@H](O)[C@@H](CO[C@@H]2O[C@H](CO)[C@@H](O[C@@H]3O[C@H](CO)[C@H](O)[C@H](O[C@]4(C(=O)O)C[C@H](O)[C@@H](NC(C)=O)[C@H]([C@H](O)[C@H](O)CO)O4)[C@H]3O)[C@H](O)[C@H]2NC(C)=O)O[C@H]1O. The number of carbonyl (C=O) groups excluding carboxylic acids is 5. The first-order valence-electron chi connectivity index (χ1n) is 37.0. The number of aliphatic hydroxyl groups excluding tert-OH is 22. The molecular formula is C64H105N5O50S. The van der Waals surface area contributed by atoms with Crippen LogP contribution in [0.5, 0.6) is 0 Å². The zero-order chi connectivity index (χ0) is 89.6. The molecule has 30 N–H and O–H groups in total. The van der Waals surface area contributed by atoms with E-state index in [-0.39, 0.29) is 0 Å². The van der Waals surface area contributed by atoms with E-state index in [1.165, 1.54) is 0 Å². The van der Waals surface area contributed by atoms with E-state index in [1.54, 1.807) is 0 Å². The fraction of sp³-hybridized carbons (Fsp3) is 0.891. The van der Waals surface area contributed by atoms with Crippen molar-refractivity contribution >= 4 is 51.9 Å². The highest BCUT2D eigenvalue weighted by molar-refractivity contribution is 7.80. The maximum Gasteiger partial charge on any atom is 0.397 e. The van der Waals surface area contributed by atoms with Crippen LogP contribution in [0.2, 0.25) is 0 Å². The maximum absolute atomic E-state index is 13.3. The number of carboxylic acids is 2. The van der Waals surface area contributed by atoms with E-state index in [0.717, 1.165) is 34.6 Å². The predicted molar refractivity (Wildman–Crippen MR) is 367 cm³/mol. The van der Waals surface area contributed by atoms with Crippen molar-refractivity contribution in [1.29, 1.82) is 0 Å². The molecule has 0 aliphatic carbocycles. The fourth-order valence-corrected chi connectivity index (χ4v) is 15.3. The van der Waals surface area contributed by atoms with E-state index in [2.05, 4.69) is 30.8 Å². The molecular weight excluding hydrogens is 1670 g/mol. The third-order valence-corrected chi connectivity index (χ3v) is 21.2. The largest absolute Gasteiger partial charge is 0.477 e. The van der Waals surface area contributed by atoms with Gasteiger partial charge in [0.15, 0.2) is 37.7 Å². The third-order valence-electron chi connectivity index (χ3n) is 20.8. The van der Waals surface area contributed by atoms with Gasteiger partial charge in [-0.25, -0.2) is 13.8 Å². The Morgan fingerprint density at radius 3 is 1.08 bits per heavy atom. The monoisotopic (exact) mass is 1780 g/mol. The zero-order valence-electron chi connectivity index (χ0n) is 64.0. The average Bonchev–Trinajstić information content (AvgIpc) is 0.754. The molecule has 8 heterocycles. The van der Waals surface area contributed by atoms with E-state index in [9.17, 15) is 169 Å². The van der Waals surface area contributed by atoms with Crippen LogP contribution in [-0.4, -0.2) is 486 Å². The summed E-state index contributed by atoms with van der Waals surface area (Å²) in [7, 11) is -5.48. The van der Waals surface area contributed by atoms with Crippen molar-refractivity contribution in [3.63, 3.8) is 0 Å². The summed E-state index contributed by atoms with van der Waals surface area (Å²) in [6, 6.07) is -9.46. The van der Waals surface area contributed by atoms with Crippen LogP contribution in [0.25, 0.3) is 0 Å². The van der Waals surface area contributed by atoms with Crippen LogP contribution in [0.1, 0.15) is 47.5 Å². The van der Waals surface area contributed by atoms with Gasteiger partial charge in [0.25, 0.3) is 11.6 Å². The van der Waals surface area contributed by atoms with Crippen LogP contribution in [0, 0.1) is 0 Å². The first-order chi connectivity index (χ1) is 56.2. The molecule has 8 saturated heterocycles. The third kappa shape index (κ3) is 22.9. The van der Waals surface area contributed by atoms with E-state index in [0.29, 0.717) is 0 Å². The van der Waals surface area contributed by atoms with Crippen molar-refractivity contribution in [1.82, 2.24) is 26.6 Å². The van der Waals surface area contributed by atoms with Crippen molar-refractivity contribution < 1.29 is 244 Å². The number of carbonyl (C=O) groups is 7. The topological polar surface area (TPSA) is 867 Å². The molecule has 0 aromatic rings. The second kappa shape index (κ2) is 42.3. The molecule has 0 aromatic carbocycles. The van der Waals surface area contributed by atoms with Gasteiger partial charge in [-0.15, -0.1) is 0 Å². The van der Waals surface area contributed by atoms with Crippen molar-refractivity contribution in [2.24, 2.45) is 0 Å². The highest BCUT2D eigenvalue weighted by atomic mass is 32.3. The van der Waals surface area contributed by atoms with E-state index in [1.807, 2.05) is 0 Å². The van der Waals surface area contributed by atoms with Crippen LogP contribution >= 0.6 is 0 Å². The van der Waals surface area contributed by atoms with Crippen LogP contribution < -0.4 is 26.6 Å². The molecule has 55 nitrogen and oxygen atoms in total. The first-order valence-corrected chi connectivity index (χ1v) is 38.4. The Labute approximate surface area is 677 Å². The summed E-state index contributed by atoms with van der Waals surface area (Å²) < 4.78 is 124. The minimum atomic E-state index is -5.48.